The van der Waals surface area contributed by atoms with Crippen molar-refractivity contribution in [2.45, 2.75) is 38.6 Å². The predicted molar refractivity (Wildman–Crippen MR) is 101 cm³/mol. The van der Waals surface area contributed by atoms with E-state index in [0.29, 0.717) is 24.1 Å². The maximum Gasteiger partial charge on any atom is 0.250 e. The molecule has 0 unspecified atom stereocenters. The second-order valence-electron chi connectivity index (χ2n) is 6.97. The van der Waals surface area contributed by atoms with E-state index in [2.05, 4.69) is 5.32 Å². The van der Waals surface area contributed by atoms with Gasteiger partial charge < -0.3 is 16.0 Å². The van der Waals surface area contributed by atoms with Gasteiger partial charge in [0, 0.05) is 30.8 Å². The van der Waals surface area contributed by atoms with Gasteiger partial charge in [-0.3, -0.25) is 15.0 Å². The predicted octanol–water partition coefficient (Wildman–Crippen LogP) is 1.94. The number of nitrogens with two attached hydrogens (primary N) is 1. The molecule has 1 heterocycles. The van der Waals surface area contributed by atoms with Gasteiger partial charge in [-0.1, -0.05) is 30.3 Å². The van der Waals surface area contributed by atoms with Crippen LogP contribution in [0, 0.1) is 11.3 Å². The number of rotatable bonds is 5. The Morgan fingerprint density at radius 2 is 1.85 bits per heavy atom. The number of amides is 2. The van der Waals surface area contributed by atoms with Crippen molar-refractivity contribution >= 4 is 17.6 Å². The molecule has 1 fully saturated rings. The molecule has 0 saturated carbocycles. The quantitative estimate of drug-likeness (QED) is 0.556. The van der Waals surface area contributed by atoms with Crippen molar-refractivity contribution in [1.82, 2.24) is 10.2 Å². The third kappa shape index (κ3) is 4.12. The summed E-state index contributed by atoms with van der Waals surface area (Å²) in [5.74, 6) is -0.374. The lowest BCUT2D eigenvalue weighted by atomic mass is 9.98. The molecule has 2 amide bonds. The normalized spacial score (nSPS) is 19.8. The van der Waals surface area contributed by atoms with Crippen molar-refractivity contribution < 1.29 is 9.59 Å². The van der Waals surface area contributed by atoms with Crippen molar-refractivity contribution in [1.29, 1.82) is 5.41 Å². The lowest BCUT2D eigenvalue weighted by Gasteiger charge is -2.28. The smallest absolute Gasteiger partial charge is 0.250 e. The maximum atomic E-state index is 12.7. The van der Waals surface area contributed by atoms with Crippen LogP contribution in [0.25, 0.3) is 0 Å². The number of amidine groups is 1. The average Bonchev–Trinajstić information content (AvgIpc) is 3.16. The summed E-state index contributed by atoms with van der Waals surface area (Å²) in [7, 11) is 0. The Morgan fingerprint density at radius 1 is 1.15 bits per heavy atom. The molecular weight excluding hydrogens is 328 g/mol. The van der Waals surface area contributed by atoms with Crippen LogP contribution in [0.2, 0.25) is 0 Å². The summed E-state index contributed by atoms with van der Waals surface area (Å²) in [5, 5.41) is 10.3. The Hall–Kier alpha value is -2.63. The van der Waals surface area contributed by atoms with E-state index in [4.69, 9.17) is 11.1 Å². The van der Waals surface area contributed by atoms with Crippen molar-refractivity contribution in [3.63, 3.8) is 0 Å². The number of carbonyl (C=O) groups is 2. The molecule has 26 heavy (non-hydrogen) atoms. The van der Waals surface area contributed by atoms with E-state index in [9.17, 15) is 9.59 Å². The number of allylic oxidation sites excluding steroid dienone is 1. The number of piperidine rings is 1. The zero-order valence-electron chi connectivity index (χ0n) is 15.0. The van der Waals surface area contributed by atoms with Crippen LogP contribution in [0.5, 0.6) is 0 Å². The van der Waals surface area contributed by atoms with Crippen LogP contribution in [0.3, 0.4) is 0 Å². The lowest BCUT2D eigenvalue weighted by Crippen LogP contribution is -2.40. The van der Waals surface area contributed by atoms with Crippen LogP contribution in [-0.4, -0.2) is 35.6 Å². The Labute approximate surface area is 153 Å². The van der Waals surface area contributed by atoms with E-state index < -0.39 is 0 Å². The Balaban J connectivity index is 1.57. The van der Waals surface area contributed by atoms with E-state index in [1.54, 1.807) is 12.1 Å². The number of hydrogen-bond donors (Lipinski definition) is 3. The molecule has 138 valence electrons. The molecule has 1 atom stereocenters. The van der Waals surface area contributed by atoms with E-state index in [-0.39, 0.29) is 23.6 Å². The third-order valence-corrected chi connectivity index (χ3v) is 5.13. The van der Waals surface area contributed by atoms with Gasteiger partial charge in [0.15, 0.2) is 0 Å². The van der Waals surface area contributed by atoms with Gasteiger partial charge in [0.2, 0.25) is 11.8 Å². The summed E-state index contributed by atoms with van der Waals surface area (Å²) in [6.45, 7) is 2.00. The molecule has 0 aromatic heterocycles. The van der Waals surface area contributed by atoms with Gasteiger partial charge in [-0.25, -0.2) is 0 Å². The minimum absolute atomic E-state index is 0.0255. The van der Waals surface area contributed by atoms with Crippen molar-refractivity contribution in [2.24, 2.45) is 11.7 Å². The molecule has 0 bridgehead atoms. The van der Waals surface area contributed by atoms with Crippen LogP contribution < -0.4 is 11.1 Å². The highest BCUT2D eigenvalue weighted by Crippen LogP contribution is 2.28. The molecule has 1 aliphatic heterocycles. The standard InChI is InChI=1S/C20H26N4O2/c21-18(22)15-9-7-14(8-10-15)13-23-19(25)16-5-4-6-17(16)20(26)24-11-2-1-3-12-24/h6-10,16H,1-5,11-13H2,(H3,21,22)(H,23,25)/t16-/m1/s1. The first-order valence-electron chi connectivity index (χ1n) is 9.26. The topological polar surface area (TPSA) is 99.3 Å². The molecule has 6 heteroatoms. The summed E-state index contributed by atoms with van der Waals surface area (Å²) in [6, 6.07) is 7.23. The lowest BCUT2D eigenvalue weighted by molar-refractivity contribution is -0.131. The van der Waals surface area contributed by atoms with Gasteiger partial charge in [0.25, 0.3) is 0 Å². The molecule has 2 aliphatic rings. The SMILES string of the molecule is N=C(N)c1ccc(CNC(=O)[C@@H]2CCC=C2C(=O)N2CCCCC2)cc1. The van der Waals surface area contributed by atoms with Crippen LogP contribution in [0.1, 0.15) is 43.2 Å². The first-order chi connectivity index (χ1) is 12.6. The number of hydrogen-bond acceptors (Lipinski definition) is 3. The molecule has 3 rings (SSSR count). The molecule has 4 N–H and O–H groups in total. The van der Waals surface area contributed by atoms with Crippen LogP contribution in [0.15, 0.2) is 35.9 Å². The van der Waals surface area contributed by atoms with Gasteiger partial charge in [-0.15, -0.1) is 0 Å². The zero-order valence-corrected chi connectivity index (χ0v) is 15.0. The monoisotopic (exact) mass is 354 g/mol. The van der Waals surface area contributed by atoms with Gasteiger partial charge in [0.1, 0.15) is 5.84 Å². The van der Waals surface area contributed by atoms with E-state index >= 15 is 0 Å². The van der Waals surface area contributed by atoms with Crippen LogP contribution in [-0.2, 0) is 16.1 Å². The van der Waals surface area contributed by atoms with Gasteiger partial charge in [-0.05, 0) is 37.7 Å². The summed E-state index contributed by atoms with van der Waals surface area (Å²) >= 11 is 0. The fourth-order valence-electron chi connectivity index (χ4n) is 3.61. The molecule has 1 aromatic rings. The number of benzene rings is 1. The molecule has 0 radical (unpaired) electrons. The van der Waals surface area contributed by atoms with Crippen molar-refractivity contribution in [3.05, 3.63) is 47.0 Å². The van der Waals surface area contributed by atoms with Crippen molar-refractivity contribution in [3.8, 4) is 0 Å². The summed E-state index contributed by atoms with van der Waals surface area (Å²) in [4.78, 5) is 27.2. The second kappa shape index (κ2) is 8.17. The van der Waals surface area contributed by atoms with Crippen molar-refractivity contribution in [2.75, 3.05) is 13.1 Å². The van der Waals surface area contributed by atoms with Gasteiger partial charge in [0.05, 0.1) is 5.92 Å². The van der Waals surface area contributed by atoms with E-state index in [1.807, 2.05) is 23.1 Å². The number of carbonyl (C=O) groups excluding carboxylic acids is 2. The van der Waals surface area contributed by atoms with E-state index in [0.717, 1.165) is 37.9 Å². The highest BCUT2D eigenvalue weighted by atomic mass is 16.2. The highest BCUT2D eigenvalue weighted by molar-refractivity contribution is 6.01. The molecular formula is C20H26N4O2. The minimum atomic E-state index is -0.346. The third-order valence-electron chi connectivity index (χ3n) is 5.13. The Kier molecular flexibility index (Phi) is 5.71. The average molecular weight is 354 g/mol. The summed E-state index contributed by atoms with van der Waals surface area (Å²) < 4.78 is 0. The molecule has 1 aliphatic carbocycles. The fourth-order valence-corrected chi connectivity index (χ4v) is 3.61. The van der Waals surface area contributed by atoms with E-state index in [1.165, 1.54) is 6.42 Å². The largest absolute Gasteiger partial charge is 0.384 e. The number of nitrogens with zero attached hydrogens (tertiary/aromatic N) is 1. The zero-order chi connectivity index (χ0) is 18.5. The minimum Gasteiger partial charge on any atom is -0.384 e. The summed E-state index contributed by atoms with van der Waals surface area (Å²) in [6.07, 6.45) is 6.68. The molecule has 1 aromatic carbocycles. The van der Waals surface area contributed by atoms with Gasteiger partial charge in [-0.2, -0.15) is 0 Å². The maximum absolute atomic E-state index is 12.7. The first-order valence-corrected chi connectivity index (χ1v) is 9.26. The van der Waals surface area contributed by atoms with Crippen LogP contribution in [0.4, 0.5) is 0 Å². The summed E-state index contributed by atoms with van der Waals surface area (Å²) in [5.41, 5.74) is 7.71. The van der Waals surface area contributed by atoms with Crippen LogP contribution >= 0.6 is 0 Å². The molecule has 1 saturated heterocycles. The molecule has 6 nitrogen and oxygen atoms in total. The number of likely N-dealkylation sites (tertiary alicyclic amines) is 1. The highest BCUT2D eigenvalue weighted by Gasteiger charge is 2.33. The Morgan fingerprint density at radius 3 is 2.50 bits per heavy atom. The number of nitrogens with one attached hydrogen (secondary N) is 2. The first kappa shape index (κ1) is 18.2. The number of nitrogen functional groups attached to an aromatic ring is 1. The molecule has 0 spiro atoms. The second-order valence-corrected chi connectivity index (χ2v) is 6.97. The fraction of sp³-hybridized carbons (Fsp3) is 0.450. The Bertz CT molecular complexity index is 718. The van der Waals surface area contributed by atoms with Gasteiger partial charge >= 0.3 is 0 Å².